The summed E-state index contributed by atoms with van der Waals surface area (Å²) in [5, 5.41) is 5.21. The van der Waals surface area contributed by atoms with E-state index in [1.165, 1.54) is 0 Å². The molecule has 27 heavy (non-hydrogen) atoms. The van der Waals surface area contributed by atoms with Gasteiger partial charge in [0.05, 0.1) is 5.69 Å². The van der Waals surface area contributed by atoms with Crippen molar-refractivity contribution in [3.05, 3.63) is 24.3 Å². The summed E-state index contributed by atoms with van der Waals surface area (Å²) in [6.45, 7) is 8.71. The number of nitrogens with one attached hydrogen (secondary N) is 2. The summed E-state index contributed by atoms with van der Waals surface area (Å²) in [4.78, 5) is 39.7. The summed E-state index contributed by atoms with van der Waals surface area (Å²) in [5.74, 6) is -0.912. The monoisotopic (exact) mass is 376 g/mol. The summed E-state index contributed by atoms with van der Waals surface area (Å²) < 4.78 is 5.38. The third-order valence-electron chi connectivity index (χ3n) is 4.63. The average molecular weight is 376 g/mol. The lowest BCUT2D eigenvalue weighted by Crippen LogP contribution is -2.48. The van der Waals surface area contributed by atoms with Crippen LogP contribution in [0.5, 0.6) is 5.75 Å². The van der Waals surface area contributed by atoms with Crippen molar-refractivity contribution in [1.29, 1.82) is 0 Å². The molecule has 0 saturated heterocycles. The predicted octanol–water partition coefficient (Wildman–Crippen LogP) is 0.375. The number of ether oxygens (including phenoxy) is 1. The molecular formula is C19H28N4O4. The van der Waals surface area contributed by atoms with Gasteiger partial charge in [-0.25, -0.2) is 0 Å². The van der Waals surface area contributed by atoms with Crippen LogP contribution in [0.2, 0.25) is 0 Å². The van der Waals surface area contributed by atoms with Crippen molar-refractivity contribution in [2.75, 3.05) is 44.2 Å². The van der Waals surface area contributed by atoms with Crippen molar-refractivity contribution in [3.8, 4) is 5.75 Å². The van der Waals surface area contributed by atoms with E-state index in [0.717, 1.165) is 13.1 Å². The number of carbonyl (C=O) groups excluding carboxylic acids is 3. The van der Waals surface area contributed by atoms with Gasteiger partial charge in [0.1, 0.15) is 5.75 Å². The quantitative estimate of drug-likeness (QED) is 0.640. The van der Waals surface area contributed by atoms with Gasteiger partial charge in [0, 0.05) is 25.7 Å². The largest absolute Gasteiger partial charge is 0.482 e. The van der Waals surface area contributed by atoms with Gasteiger partial charge in [0.25, 0.3) is 5.91 Å². The normalized spacial score (nSPS) is 14.4. The zero-order chi connectivity index (χ0) is 19.8. The molecule has 148 valence electrons. The highest BCUT2D eigenvalue weighted by molar-refractivity contribution is 6.35. The fourth-order valence-electron chi connectivity index (χ4n) is 3.06. The molecule has 1 aliphatic heterocycles. The van der Waals surface area contributed by atoms with Crippen LogP contribution in [0, 0.1) is 0 Å². The maximum Gasteiger partial charge on any atom is 0.309 e. The number of rotatable bonds is 8. The van der Waals surface area contributed by atoms with E-state index in [1.807, 2.05) is 19.1 Å². The van der Waals surface area contributed by atoms with Gasteiger partial charge in [-0.3, -0.25) is 19.3 Å². The summed E-state index contributed by atoms with van der Waals surface area (Å²) in [5.41, 5.74) is 0.667. The second-order valence-electron chi connectivity index (χ2n) is 6.34. The van der Waals surface area contributed by atoms with E-state index < -0.39 is 11.8 Å². The van der Waals surface area contributed by atoms with E-state index >= 15 is 0 Å². The Bertz CT molecular complexity index is 675. The molecule has 1 heterocycles. The first-order valence-electron chi connectivity index (χ1n) is 9.30. The molecule has 2 rings (SSSR count). The number of fused-ring (bicyclic) bond motifs is 1. The number of likely N-dealkylation sites (N-methyl/N-ethyl adjacent to an activating group) is 1. The molecule has 1 aliphatic rings. The van der Waals surface area contributed by atoms with Gasteiger partial charge in [-0.15, -0.1) is 0 Å². The lowest BCUT2D eigenvalue weighted by Gasteiger charge is -2.29. The zero-order valence-electron chi connectivity index (χ0n) is 16.2. The maximum absolute atomic E-state index is 12.1. The van der Waals surface area contributed by atoms with Crippen LogP contribution < -0.4 is 20.3 Å². The van der Waals surface area contributed by atoms with Crippen LogP contribution in [-0.4, -0.2) is 68.0 Å². The molecule has 0 unspecified atom stereocenters. The van der Waals surface area contributed by atoms with Gasteiger partial charge >= 0.3 is 11.8 Å². The van der Waals surface area contributed by atoms with Gasteiger partial charge in [-0.1, -0.05) is 26.0 Å². The van der Waals surface area contributed by atoms with E-state index in [1.54, 1.807) is 17.0 Å². The lowest BCUT2D eigenvalue weighted by molar-refractivity contribution is -0.139. The first-order valence-corrected chi connectivity index (χ1v) is 9.30. The zero-order valence-corrected chi connectivity index (χ0v) is 16.2. The van der Waals surface area contributed by atoms with Crippen molar-refractivity contribution in [1.82, 2.24) is 15.5 Å². The fourth-order valence-corrected chi connectivity index (χ4v) is 3.06. The number of benzene rings is 1. The van der Waals surface area contributed by atoms with Crippen molar-refractivity contribution in [2.45, 2.75) is 26.8 Å². The van der Waals surface area contributed by atoms with Gasteiger partial charge in [-0.05, 0) is 32.1 Å². The Hall–Kier alpha value is -2.61. The molecule has 0 saturated carbocycles. The van der Waals surface area contributed by atoms with Gasteiger partial charge in [0.2, 0.25) is 0 Å². The highest BCUT2D eigenvalue weighted by Gasteiger charge is 2.25. The molecule has 0 spiro atoms. The maximum atomic E-state index is 12.1. The third-order valence-corrected chi connectivity index (χ3v) is 4.63. The SMILES string of the molecule is CCN(CC)[C@H](C)CNC(=O)C(=O)NCCN1C(=O)COc2ccccc21. The number of amides is 3. The van der Waals surface area contributed by atoms with Crippen molar-refractivity contribution in [3.63, 3.8) is 0 Å². The minimum atomic E-state index is -0.698. The van der Waals surface area contributed by atoms with Crippen LogP contribution in [0.15, 0.2) is 24.3 Å². The van der Waals surface area contributed by atoms with Crippen molar-refractivity contribution in [2.24, 2.45) is 0 Å². The molecule has 0 radical (unpaired) electrons. The molecule has 8 heteroatoms. The Labute approximate surface area is 159 Å². The Morgan fingerprint density at radius 3 is 2.56 bits per heavy atom. The third kappa shape index (κ3) is 5.43. The molecule has 3 amide bonds. The van der Waals surface area contributed by atoms with Gasteiger partial charge in [0.15, 0.2) is 6.61 Å². The average Bonchev–Trinajstić information content (AvgIpc) is 2.68. The highest BCUT2D eigenvalue weighted by atomic mass is 16.5. The van der Waals surface area contributed by atoms with Crippen molar-refractivity contribution < 1.29 is 19.1 Å². The molecule has 1 aromatic rings. The van der Waals surface area contributed by atoms with Crippen LogP contribution in [0.4, 0.5) is 5.69 Å². The number of nitrogens with zero attached hydrogens (tertiary/aromatic N) is 2. The van der Waals surface area contributed by atoms with E-state index in [0.29, 0.717) is 18.0 Å². The standard InChI is InChI=1S/C19H28N4O4/c1-4-22(5-2)14(3)12-21-19(26)18(25)20-10-11-23-15-8-6-7-9-16(15)27-13-17(23)24/h6-9,14H,4-5,10-13H2,1-3H3,(H,20,25)(H,21,26)/t14-/m1/s1. The number of hydrogen-bond acceptors (Lipinski definition) is 5. The topological polar surface area (TPSA) is 91.0 Å². The summed E-state index contributed by atoms with van der Waals surface area (Å²) in [6, 6.07) is 7.38. The minimum Gasteiger partial charge on any atom is -0.482 e. The summed E-state index contributed by atoms with van der Waals surface area (Å²) >= 11 is 0. The summed E-state index contributed by atoms with van der Waals surface area (Å²) in [6.07, 6.45) is 0. The molecule has 1 aromatic carbocycles. The number of carbonyl (C=O) groups is 3. The van der Waals surface area contributed by atoms with Crippen LogP contribution in [0.1, 0.15) is 20.8 Å². The fraction of sp³-hybridized carbons (Fsp3) is 0.526. The molecule has 2 N–H and O–H groups in total. The van der Waals surface area contributed by atoms with Crippen LogP contribution in [-0.2, 0) is 14.4 Å². The Morgan fingerprint density at radius 1 is 1.19 bits per heavy atom. The molecule has 0 bridgehead atoms. The van der Waals surface area contributed by atoms with E-state index in [2.05, 4.69) is 29.4 Å². The smallest absolute Gasteiger partial charge is 0.309 e. The Kier molecular flexibility index (Phi) is 7.60. The second kappa shape index (κ2) is 9.91. The first kappa shape index (κ1) is 20.7. The summed E-state index contributed by atoms with van der Waals surface area (Å²) in [7, 11) is 0. The molecule has 1 atom stereocenters. The molecular weight excluding hydrogens is 348 g/mol. The van der Waals surface area contributed by atoms with E-state index in [4.69, 9.17) is 4.74 Å². The Morgan fingerprint density at radius 2 is 1.85 bits per heavy atom. The van der Waals surface area contributed by atoms with Gasteiger partial charge in [-0.2, -0.15) is 0 Å². The highest BCUT2D eigenvalue weighted by Crippen LogP contribution is 2.30. The van der Waals surface area contributed by atoms with Crippen molar-refractivity contribution >= 4 is 23.4 Å². The molecule has 0 aromatic heterocycles. The number of anilines is 1. The van der Waals surface area contributed by atoms with E-state index in [-0.39, 0.29) is 31.6 Å². The second-order valence-corrected chi connectivity index (χ2v) is 6.34. The van der Waals surface area contributed by atoms with Gasteiger partial charge < -0.3 is 20.3 Å². The number of para-hydroxylation sites is 2. The molecule has 0 fully saturated rings. The molecule has 0 aliphatic carbocycles. The first-order chi connectivity index (χ1) is 13.0. The van der Waals surface area contributed by atoms with E-state index in [9.17, 15) is 14.4 Å². The molecule has 8 nitrogen and oxygen atoms in total. The Balaban J connectivity index is 1.79. The minimum absolute atomic E-state index is 0.0330. The number of hydrogen-bond donors (Lipinski definition) is 2. The van der Waals surface area contributed by atoms with Crippen LogP contribution in [0.25, 0.3) is 0 Å². The van der Waals surface area contributed by atoms with Crippen LogP contribution >= 0.6 is 0 Å². The predicted molar refractivity (Wildman–Crippen MR) is 103 cm³/mol. The lowest BCUT2D eigenvalue weighted by atomic mass is 10.2. The van der Waals surface area contributed by atoms with Crippen LogP contribution in [0.3, 0.4) is 0 Å².